The maximum Gasteiger partial charge on any atom is 0.425 e. The number of hydrogen-bond acceptors (Lipinski definition) is 3. The lowest BCUT2D eigenvalue weighted by atomic mass is 9.91. The van der Waals surface area contributed by atoms with Gasteiger partial charge in [0.2, 0.25) is 5.60 Å². The first-order valence-electron chi connectivity index (χ1n) is 8.16. The second-order valence-corrected chi connectivity index (χ2v) is 6.09. The molecule has 0 bridgehead atoms. The molecule has 134 valence electrons. The first kappa shape index (κ1) is 17.8. The topological polar surface area (TPSA) is 49.7 Å². The van der Waals surface area contributed by atoms with Crippen molar-refractivity contribution in [3.05, 3.63) is 53.6 Å². The van der Waals surface area contributed by atoms with Crippen molar-refractivity contribution in [1.82, 2.24) is 0 Å². The Labute approximate surface area is 143 Å². The Morgan fingerprint density at radius 1 is 0.920 bits per heavy atom. The van der Waals surface area contributed by atoms with Crippen LogP contribution in [0.3, 0.4) is 0 Å². The number of ether oxygens (including phenoxy) is 1. The van der Waals surface area contributed by atoms with Crippen molar-refractivity contribution in [2.24, 2.45) is 0 Å². The number of hydrogen-bond donors (Lipinski definition) is 2. The van der Waals surface area contributed by atoms with E-state index in [9.17, 15) is 18.3 Å². The lowest BCUT2D eigenvalue weighted by Gasteiger charge is -2.28. The van der Waals surface area contributed by atoms with Gasteiger partial charge in [0.1, 0.15) is 5.75 Å². The lowest BCUT2D eigenvalue weighted by molar-refractivity contribution is -0.246. The lowest BCUT2D eigenvalue weighted by Crippen LogP contribution is -2.41. The molecule has 2 aromatic carbocycles. The largest absolute Gasteiger partial charge is 0.494 e. The fraction of sp³-hybridized carbons (Fsp3) is 0.368. The predicted octanol–water partition coefficient (Wildman–Crippen LogP) is 4.01. The molecule has 1 aliphatic rings. The molecule has 0 amide bonds. The average Bonchev–Trinajstić information content (AvgIpc) is 2.85. The van der Waals surface area contributed by atoms with Crippen molar-refractivity contribution < 1.29 is 28.1 Å². The van der Waals surface area contributed by atoms with E-state index in [2.05, 4.69) is 0 Å². The molecule has 1 atom stereocenters. The third kappa shape index (κ3) is 3.00. The SMILES string of the molecule is OCCCCCOc1ccc2c(c1)C(O)(C(F)(F)F)c1ccccc1-2. The highest BCUT2D eigenvalue weighted by molar-refractivity contribution is 5.81. The summed E-state index contributed by atoms with van der Waals surface area (Å²) >= 11 is 0. The first-order valence-corrected chi connectivity index (χ1v) is 8.16. The molecule has 1 unspecified atom stereocenters. The molecular weight excluding hydrogens is 333 g/mol. The monoisotopic (exact) mass is 352 g/mol. The van der Waals surface area contributed by atoms with Gasteiger partial charge in [-0.25, -0.2) is 0 Å². The van der Waals surface area contributed by atoms with E-state index in [1.54, 1.807) is 24.3 Å². The summed E-state index contributed by atoms with van der Waals surface area (Å²) in [4.78, 5) is 0. The van der Waals surface area contributed by atoms with Crippen LogP contribution in [0.1, 0.15) is 30.4 Å². The van der Waals surface area contributed by atoms with Crippen LogP contribution in [0.2, 0.25) is 0 Å². The van der Waals surface area contributed by atoms with Crippen molar-refractivity contribution in [3.63, 3.8) is 0 Å². The molecule has 2 aromatic rings. The van der Waals surface area contributed by atoms with Gasteiger partial charge < -0.3 is 14.9 Å². The number of fused-ring (bicyclic) bond motifs is 3. The zero-order valence-corrected chi connectivity index (χ0v) is 13.5. The van der Waals surface area contributed by atoms with Gasteiger partial charge in [-0.1, -0.05) is 30.3 Å². The Morgan fingerprint density at radius 2 is 1.64 bits per heavy atom. The maximum absolute atomic E-state index is 13.7. The molecule has 0 saturated carbocycles. The summed E-state index contributed by atoms with van der Waals surface area (Å²) in [7, 11) is 0. The van der Waals surface area contributed by atoms with Crippen molar-refractivity contribution in [1.29, 1.82) is 0 Å². The maximum atomic E-state index is 13.7. The van der Waals surface area contributed by atoms with Crippen molar-refractivity contribution in [2.75, 3.05) is 13.2 Å². The highest BCUT2D eigenvalue weighted by atomic mass is 19.4. The summed E-state index contributed by atoms with van der Waals surface area (Å²) in [5.74, 6) is 0.290. The molecule has 2 N–H and O–H groups in total. The Balaban J connectivity index is 1.93. The van der Waals surface area contributed by atoms with Gasteiger partial charge in [-0.15, -0.1) is 0 Å². The molecule has 3 rings (SSSR count). The highest BCUT2D eigenvalue weighted by Gasteiger charge is 2.60. The molecule has 0 heterocycles. The van der Waals surface area contributed by atoms with Gasteiger partial charge in [-0.2, -0.15) is 13.2 Å². The summed E-state index contributed by atoms with van der Waals surface area (Å²) < 4.78 is 46.7. The minimum absolute atomic E-state index is 0.107. The third-order valence-corrected chi connectivity index (χ3v) is 4.47. The van der Waals surface area contributed by atoms with Gasteiger partial charge in [0.25, 0.3) is 0 Å². The Hall–Kier alpha value is -2.05. The molecule has 0 spiro atoms. The van der Waals surface area contributed by atoms with Gasteiger partial charge in [0.05, 0.1) is 6.61 Å². The van der Waals surface area contributed by atoms with Crippen molar-refractivity contribution in [2.45, 2.75) is 31.0 Å². The third-order valence-electron chi connectivity index (χ3n) is 4.47. The van der Waals surface area contributed by atoms with Crippen LogP contribution in [0.25, 0.3) is 11.1 Å². The highest BCUT2D eigenvalue weighted by Crippen LogP contribution is 2.55. The van der Waals surface area contributed by atoms with Crippen LogP contribution in [-0.4, -0.2) is 29.6 Å². The van der Waals surface area contributed by atoms with Crippen LogP contribution < -0.4 is 4.74 Å². The molecule has 0 aliphatic heterocycles. The number of unbranched alkanes of at least 4 members (excludes halogenated alkanes) is 2. The normalized spacial score (nSPS) is 18.8. The fourth-order valence-corrected chi connectivity index (χ4v) is 3.21. The molecule has 25 heavy (non-hydrogen) atoms. The quantitative estimate of drug-likeness (QED) is 0.773. The van der Waals surface area contributed by atoms with Crippen LogP contribution in [0, 0.1) is 0 Å². The summed E-state index contributed by atoms with van der Waals surface area (Å²) in [5.41, 5.74) is -2.64. The zero-order valence-electron chi connectivity index (χ0n) is 13.5. The van der Waals surface area contributed by atoms with Crippen LogP contribution >= 0.6 is 0 Å². The molecule has 1 aliphatic carbocycles. The number of halogens is 3. The predicted molar refractivity (Wildman–Crippen MR) is 87.4 cm³/mol. The van der Waals surface area contributed by atoms with Crippen LogP contribution in [0.15, 0.2) is 42.5 Å². The van der Waals surface area contributed by atoms with E-state index in [1.807, 2.05) is 0 Å². The minimum Gasteiger partial charge on any atom is -0.494 e. The molecule has 0 aromatic heterocycles. The number of rotatable bonds is 6. The van der Waals surface area contributed by atoms with E-state index in [0.29, 0.717) is 36.3 Å². The number of benzene rings is 2. The number of aliphatic hydroxyl groups is 2. The van der Waals surface area contributed by atoms with E-state index < -0.39 is 11.8 Å². The van der Waals surface area contributed by atoms with Crippen LogP contribution in [0.4, 0.5) is 13.2 Å². The summed E-state index contributed by atoms with van der Waals surface area (Å²) in [6.45, 7) is 0.450. The van der Waals surface area contributed by atoms with Gasteiger partial charge in [0, 0.05) is 17.7 Å². The molecular formula is C19H19F3O3. The van der Waals surface area contributed by atoms with E-state index in [-0.39, 0.29) is 17.7 Å². The van der Waals surface area contributed by atoms with E-state index in [4.69, 9.17) is 9.84 Å². The van der Waals surface area contributed by atoms with Crippen LogP contribution in [0.5, 0.6) is 5.75 Å². The standard InChI is InChI=1S/C19H19F3O3/c20-19(21,22)18(24)16-7-3-2-6-14(16)15-9-8-13(12-17(15)18)25-11-5-1-4-10-23/h2-3,6-9,12,23-24H,1,4-5,10-11H2. The fourth-order valence-electron chi connectivity index (χ4n) is 3.21. The number of aliphatic hydroxyl groups excluding tert-OH is 1. The Morgan fingerprint density at radius 3 is 2.36 bits per heavy atom. The molecule has 0 radical (unpaired) electrons. The van der Waals surface area contributed by atoms with Gasteiger partial charge in [0.15, 0.2) is 0 Å². The van der Waals surface area contributed by atoms with Crippen molar-refractivity contribution in [3.8, 4) is 16.9 Å². The zero-order chi connectivity index (χ0) is 18.1. The van der Waals surface area contributed by atoms with Gasteiger partial charge in [-0.05, 0) is 42.5 Å². The van der Waals surface area contributed by atoms with Crippen molar-refractivity contribution >= 4 is 0 Å². The summed E-state index contributed by atoms with van der Waals surface area (Å²) in [6, 6.07) is 10.5. The summed E-state index contributed by atoms with van der Waals surface area (Å²) in [6.07, 6.45) is -2.70. The first-order chi connectivity index (χ1) is 11.9. The molecule has 0 fully saturated rings. The Kier molecular flexibility index (Phi) is 4.75. The molecule has 0 saturated heterocycles. The molecule has 3 nitrogen and oxygen atoms in total. The van der Waals surface area contributed by atoms with Gasteiger partial charge >= 0.3 is 6.18 Å². The van der Waals surface area contributed by atoms with E-state index in [1.165, 1.54) is 18.2 Å². The smallest absolute Gasteiger partial charge is 0.425 e. The Bertz CT molecular complexity index is 758. The average molecular weight is 352 g/mol. The molecule has 6 heteroatoms. The van der Waals surface area contributed by atoms with E-state index in [0.717, 1.165) is 6.42 Å². The second-order valence-electron chi connectivity index (χ2n) is 6.09. The number of alkyl halides is 3. The summed E-state index contributed by atoms with van der Waals surface area (Å²) in [5, 5.41) is 19.3. The second kappa shape index (κ2) is 6.69. The van der Waals surface area contributed by atoms with Crippen LogP contribution in [-0.2, 0) is 5.60 Å². The van der Waals surface area contributed by atoms with Gasteiger partial charge in [-0.3, -0.25) is 0 Å². The minimum atomic E-state index is -4.84. The van der Waals surface area contributed by atoms with E-state index >= 15 is 0 Å².